The molecule has 0 aromatic carbocycles. The zero-order valence-electron chi connectivity index (χ0n) is 8.16. The topological polar surface area (TPSA) is 50.8 Å². The molecule has 0 aliphatic carbocycles. The van der Waals surface area contributed by atoms with Gasteiger partial charge in [0.2, 0.25) is 0 Å². The molecule has 2 heterocycles. The van der Waals surface area contributed by atoms with Crippen LogP contribution in [0.5, 0.6) is 0 Å². The molecule has 4 heteroatoms. The summed E-state index contributed by atoms with van der Waals surface area (Å²) in [5, 5.41) is 0. The SMILES string of the molecule is COCCCc1nc2ncccc2[nH]1. The fourth-order valence-corrected chi connectivity index (χ4v) is 1.40. The van der Waals surface area contributed by atoms with Crippen molar-refractivity contribution in [1.82, 2.24) is 15.0 Å². The summed E-state index contributed by atoms with van der Waals surface area (Å²) in [5.41, 5.74) is 1.79. The van der Waals surface area contributed by atoms with Gasteiger partial charge < -0.3 is 9.72 Å². The third-order valence-corrected chi connectivity index (χ3v) is 2.07. The molecule has 0 atom stereocenters. The molecule has 0 aliphatic heterocycles. The number of pyridine rings is 1. The Morgan fingerprint density at radius 3 is 3.21 bits per heavy atom. The summed E-state index contributed by atoms with van der Waals surface area (Å²) in [5.74, 6) is 0.982. The summed E-state index contributed by atoms with van der Waals surface area (Å²) in [6, 6.07) is 3.88. The van der Waals surface area contributed by atoms with Crippen molar-refractivity contribution in [1.29, 1.82) is 0 Å². The van der Waals surface area contributed by atoms with Gasteiger partial charge in [-0.15, -0.1) is 0 Å². The van der Waals surface area contributed by atoms with E-state index in [4.69, 9.17) is 4.74 Å². The first-order valence-corrected chi connectivity index (χ1v) is 4.68. The largest absolute Gasteiger partial charge is 0.385 e. The zero-order valence-corrected chi connectivity index (χ0v) is 8.16. The van der Waals surface area contributed by atoms with E-state index in [1.165, 1.54) is 0 Å². The Bertz CT molecular complexity index is 377. The molecule has 0 saturated heterocycles. The highest BCUT2D eigenvalue weighted by molar-refractivity contribution is 5.69. The van der Waals surface area contributed by atoms with Gasteiger partial charge in [0.05, 0.1) is 5.52 Å². The molecule has 0 bridgehead atoms. The van der Waals surface area contributed by atoms with E-state index < -0.39 is 0 Å². The molecule has 0 unspecified atom stereocenters. The second kappa shape index (κ2) is 4.19. The van der Waals surface area contributed by atoms with Crippen molar-refractivity contribution in [3.8, 4) is 0 Å². The summed E-state index contributed by atoms with van der Waals surface area (Å²) in [6.45, 7) is 0.768. The van der Waals surface area contributed by atoms with Gasteiger partial charge in [-0.2, -0.15) is 0 Å². The number of aryl methyl sites for hydroxylation is 1. The minimum absolute atomic E-state index is 0.768. The van der Waals surface area contributed by atoms with E-state index >= 15 is 0 Å². The van der Waals surface area contributed by atoms with Gasteiger partial charge in [-0.1, -0.05) is 0 Å². The lowest BCUT2D eigenvalue weighted by Gasteiger charge is -1.94. The molecule has 2 aromatic rings. The average Bonchev–Trinajstić information content (AvgIpc) is 2.60. The van der Waals surface area contributed by atoms with E-state index in [1.54, 1.807) is 13.3 Å². The number of H-pyrrole nitrogens is 1. The molecule has 0 fully saturated rings. The number of ether oxygens (including phenoxy) is 1. The highest BCUT2D eigenvalue weighted by Gasteiger charge is 2.01. The number of nitrogens with one attached hydrogen (secondary N) is 1. The van der Waals surface area contributed by atoms with Gasteiger partial charge in [-0.3, -0.25) is 0 Å². The fourth-order valence-electron chi connectivity index (χ4n) is 1.40. The van der Waals surface area contributed by atoms with Crippen LogP contribution in [0.3, 0.4) is 0 Å². The van der Waals surface area contributed by atoms with Crippen molar-refractivity contribution in [3.05, 3.63) is 24.2 Å². The Kier molecular flexibility index (Phi) is 2.74. The minimum Gasteiger partial charge on any atom is -0.385 e. The first-order chi connectivity index (χ1) is 6.90. The number of nitrogens with zero attached hydrogens (tertiary/aromatic N) is 2. The highest BCUT2D eigenvalue weighted by atomic mass is 16.5. The number of rotatable bonds is 4. The maximum atomic E-state index is 4.98. The number of imidazole rings is 1. The van der Waals surface area contributed by atoms with E-state index in [2.05, 4.69) is 15.0 Å². The van der Waals surface area contributed by atoms with Gasteiger partial charge in [0.25, 0.3) is 0 Å². The normalized spacial score (nSPS) is 10.9. The van der Waals surface area contributed by atoms with Crippen LogP contribution < -0.4 is 0 Å². The van der Waals surface area contributed by atoms with Crippen LogP contribution in [0.2, 0.25) is 0 Å². The van der Waals surface area contributed by atoms with Crippen molar-refractivity contribution >= 4 is 11.2 Å². The fraction of sp³-hybridized carbons (Fsp3) is 0.400. The van der Waals surface area contributed by atoms with Gasteiger partial charge >= 0.3 is 0 Å². The number of hydrogen-bond donors (Lipinski definition) is 1. The van der Waals surface area contributed by atoms with E-state index in [0.29, 0.717) is 0 Å². The molecule has 2 rings (SSSR count). The summed E-state index contributed by atoms with van der Waals surface area (Å²) in [6.07, 6.45) is 3.64. The molecule has 0 amide bonds. The van der Waals surface area contributed by atoms with E-state index in [0.717, 1.165) is 36.4 Å². The molecular weight excluding hydrogens is 178 g/mol. The maximum Gasteiger partial charge on any atom is 0.177 e. The van der Waals surface area contributed by atoms with Gasteiger partial charge in [-0.05, 0) is 18.6 Å². The summed E-state index contributed by atoms with van der Waals surface area (Å²) in [4.78, 5) is 11.7. The lowest BCUT2D eigenvalue weighted by atomic mass is 10.3. The summed E-state index contributed by atoms with van der Waals surface area (Å²) >= 11 is 0. The second-order valence-corrected chi connectivity index (χ2v) is 3.15. The molecule has 2 aromatic heterocycles. The maximum absolute atomic E-state index is 4.98. The Morgan fingerprint density at radius 1 is 1.50 bits per heavy atom. The number of hydrogen-bond acceptors (Lipinski definition) is 3. The van der Waals surface area contributed by atoms with Crippen LogP contribution >= 0.6 is 0 Å². The number of aromatic amines is 1. The summed E-state index contributed by atoms with van der Waals surface area (Å²) < 4.78 is 4.98. The molecule has 74 valence electrons. The Labute approximate surface area is 82.3 Å². The van der Waals surface area contributed by atoms with Gasteiger partial charge in [-0.25, -0.2) is 9.97 Å². The Morgan fingerprint density at radius 2 is 2.43 bits per heavy atom. The van der Waals surface area contributed by atoms with Crippen LogP contribution in [0, 0.1) is 0 Å². The first kappa shape index (κ1) is 9.15. The van der Waals surface area contributed by atoms with Crippen molar-refractivity contribution in [3.63, 3.8) is 0 Å². The van der Waals surface area contributed by atoms with Crippen molar-refractivity contribution in [2.75, 3.05) is 13.7 Å². The van der Waals surface area contributed by atoms with Crippen LogP contribution in [-0.4, -0.2) is 28.7 Å². The predicted molar refractivity (Wildman–Crippen MR) is 54.1 cm³/mol. The highest BCUT2D eigenvalue weighted by Crippen LogP contribution is 2.08. The third-order valence-electron chi connectivity index (χ3n) is 2.07. The standard InChI is InChI=1S/C10H13N3O/c1-14-7-3-5-9-12-8-4-2-6-11-10(8)13-9/h2,4,6H,3,5,7H2,1H3,(H,11,12,13). The molecule has 0 radical (unpaired) electrons. The Balaban J connectivity index is 2.11. The van der Waals surface area contributed by atoms with Gasteiger partial charge in [0, 0.05) is 26.3 Å². The smallest absolute Gasteiger partial charge is 0.177 e. The van der Waals surface area contributed by atoms with Crippen molar-refractivity contribution in [2.24, 2.45) is 0 Å². The monoisotopic (exact) mass is 191 g/mol. The van der Waals surface area contributed by atoms with E-state index in [1.807, 2.05) is 12.1 Å². The van der Waals surface area contributed by atoms with E-state index in [-0.39, 0.29) is 0 Å². The predicted octanol–water partition coefficient (Wildman–Crippen LogP) is 1.54. The molecule has 0 spiro atoms. The van der Waals surface area contributed by atoms with Crippen LogP contribution in [0.1, 0.15) is 12.2 Å². The number of fused-ring (bicyclic) bond motifs is 1. The Hall–Kier alpha value is -1.42. The molecule has 1 N–H and O–H groups in total. The minimum atomic E-state index is 0.768. The molecular formula is C10H13N3O. The third kappa shape index (κ3) is 1.90. The van der Waals surface area contributed by atoms with E-state index in [9.17, 15) is 0 Å². The van der Waals surface area contributed by atoms with Crippen LogP contribution in [0.25, 0.3) is 11.2 Å². The lowest BCUT2D eigenvalue weighted by molar-refractivity contribution is 0.194. The van der Waals surface area contributed by atoms with Crippen molar-refractivity contribution < 1.29 is 4.74 Å². The first-order valence-electron chi connectivity index (χ1n) is 4.68. The molecule has 4 nitrogen and oxygen atoms in total. The molecule has 0 aliphatic rings. The van der Waals surface area contributed by atoms with Crippen LogP contribution in [0.4, 0.5) is 0 Å². The lowest BCUT2D eigenvalue weighted by Crippen LogP contribution is -1.93. The number of methoxy groups -OCH3 is 1. The van der Waals surface area contributed by atoms with Crippen LogP contribution in [-0.2, 0) is 11.2 Å². The van der Waals surface area contributed by atoms with Gasteiger partial charge in [0.1, 0.15) is 5.82 Å². The molecule has 14 heavy (non-hydrogen) atoms. The number of aromatic nitrogens is 3. The quantitative estimate of drug-likeness (QED) is 0.746. The van der Waals surface area contributed by atoms with Crippen LogP contribution in [0.15, 0.2) is 18.3 Å². The van der Waals surface area contributed by atoms with Crippen molar-refractivity contribution in [2.45, 2.75) is 12.8 Å². The average molecular weight is 191 g/mol. The second-order valence-electron chi connectivity index (χ2n) is 3.15. The van der Waals surface area contributed by atoms with Gasteiger partial charge in [0.15, 0.2) is 5.65 Å². The molecule has 0 saturated carbocycles. The zero-order chi connectivity index (χ0) is 9.80. The summed E-state index contributed by atoms with van der Waals surface area (Å²) in [7, 11) is 1.71.